The number of carbonyl (C=O) groups excluding carboxylic acids is 2. The molecule has 2 aromatic carbocycles. The minimum absolute atomic E-state index is 0.102. The van der Waals surface area contributed by atoms with Crippen molar-refractivity contribution in [3.63, 3.8) is 0 Å². The second-order valence-corrected chi connectivity index (χ2v) is 7.01. The Kier molecular flexibility index (Phi) is 8.96. The lowest BCUT2D eigenvalue weighted by Crippen LogP contribution is -2.29. The van der Waals surface area contributed by atoms with Gasteiger partial charge in [-0.15, -0.1) is 0 Å². The van der Waals surface area contributed by atoms with Gasteiger partial charge in [0.15, 0.2) is 0 Å². The van der Waals surface area contributed by atoms with Crippen LogP contribution >= 0.6 is 23.2 Å². The fraction of sp³-hybridized carbons (Fsp3) is 0.286. The monoisotopic (exact) mass is 434 g/mol. The summed E-state index contributed by atoms with van der Waals surface area (Å²) in [5, 5.41) is 7.29. The number of hydrazone groups is 1. The number of carbonyl (C=O) groups is 2. The van der Waals surface area contributed by atoms with Gasteiger partial charge >= 0.3 is 0 Å². The van der Waals surface area contributed by atoms with Gasteiger partial charge in [-0.2, -0.15) is 5.10 Å². The summed E-state index contributed by atoms with van der Waals surface area (Å²) in [7, 11) is 0. The SMILES string of the molecule is CCN(CC)c1ccc(C=NNC(=O)CCNC(=O)c2ccc(Cl)c(Cl)c2)cc1. The summed E-state index contributed by atoms with van der Waals surface area (Å²) < 4.78 is 0. The first kappa shape index (κ1) is 22.7. The summed E-state index contributed by atoms with van der Waals surface area (Å²) in [6.45, 7) is 6.30. The summed E-state index contributed by atoms with van der Waals surface area (Å²) in [6.07, 6.45) is 1.68. The highest BCUT2D eigenvalue weighted by atomic mass is 35.5. The van der Waals surface area contributed by atoms with Gasteiger partial charge in [-0.05, 0) is 49.7 Å². The van der Waals surface area contributed by atoms with Crippen LogP contribution in [0.4, 0.5) is 5.69 Å². The quantitative estimate of drug-likeness (QED) is 0.460. The van der Waals surface area contributed by atoms with Crippen LogP contribution in [-0.2, 0) is 4.79 Å². The number of amides is 2. The summed E-state index contributed by atoms with van der Waals surface area (Å²) in [5.41, 5.74) is 4.86. The molecule has 0 unspecified atom stereocenters. The van der Waals surface area contributed by atoms with Gasteiger partial charge in [0.05, 0.1) is 16.3 Å². The van der Waals surface area contributed by atoms with Crippen molar-refractivity contribution in [1.82, 2.24) is 10.7 Å². The Morgan fingerprint density at radius 3 is 2.34 bits per heavy atom. The maximum atomic E-state index is 12.0. The fourth-order valence-corrected chi connectivity index (χ4v) is 2.92. The van der Waals surface area contributed by atoms with E-state index in [0.29, 0.717) is 15.6 Å². The van der Waals surface area contributed by atoms with Crippen molar-refractivity contribution in [2.75, 3.05) is 24.5 Å². The molecule has 0 saturated heterocycles. The van der Waals surface area contributed by atoms with Crippen molar-refractivity contribution in [3.8, 4) is 0 Å². The maximum Gasteiger partial charge on any atom is 0.251 e. The maximum absolute atomic E-state index is 12.0. The molecule has 0 aliphatic rings. The summed E-state index contributed by atoms with van der Waals surface area (Å²) in [6, 6.07) is 12.5. The third-order valence-corrected chi connectivity index (χ3v) is 4.98. The van der Waals surface area contributed by atoms with Gasteiger partial charge in [0, 0.05) is 37.3 Å². The first-order chi connectivity index (χ1) is 13.9. The Morgan fingerprint density at radius 1 is 1.03 bits per heavy atom. The van der Waals surface area contributed by atoms with Crippen LogP contribution in [0.1, 0.15) is 36.2 Å². The van der Waals surface area contributed by atoms with Crippen LogP contribution in [0.25, 0.3) is 0 Å². The van der Waals surface area contributed by atoms with Crippen molar-refractivity contribution >= 4 is 46.9 Å². The second-order valence-electron chi connectivity index (χ2n) is 6.19. The first-order valence-corrected chi connectivity index (χ1v) is 10.1. The average molecular weight is 435 g/mol. The fourth-order valence-electron chi connectivity index (χ4n) is 2.62. The molecule has 0 saturated carbocycles. The van der Waals surface area contributed by atoms with Crippen LogP contribution in [0.5, 0.6) is 0 Å². The standard InChI is InChI=1S/C21H24Cl2N4O2/c1-3-27(4-2)17-8-5-15(6-9-17)14-25-26-20(28)11-12-24-21(29)16-7-10-18(22)19(23)13-16/h5-10,13-14H,3-4,11-12H2,1-2H3,(H,24,29)(H,26,28). The first-order valence-electron chi connectivity index (χ1n) is 9.34. The molecule has 2 aromatic rings. The van der Waals surface area contributed by atoms with Gasteiger partial charge in [-0.1, -0.05) is 35.3 Å². The van der Waals surface area contributed by atoms with E-state index in [-0.39, 0.29) is 24.8 Å². The van der Waals surface area contributed by atoms with Crippen LogP contribution in [0.3, 0.4) is 0 Å². The van der Waals surface area contributed by atoms with Crippen LogP contribution in [0.15, 0.2) is 47.6 Å². The second kappa shape index (κ2) is 11.4. The zero-order chi connectivity index (χ0) is 21.2. The third-order valence-electron chi connectivity index (χ3n) is 4.24. The highest BCUT2D eigenvalue weighted by molar-refractivity contribution is 6.42. The Hall–Kier alpha value is -2.57. The minimum Gasteiger partial charge on any atom is -0.372 e. The Labute approximate surface area is 180 Å². The summed E-state index contributed by atoms with van der Waals surface area (Å²) in [4.78, 5) is 26.1. The zero-order valence-corrected chi connectivity index (χ0v) is 17.9. The van der Waals surface area contributed by atoms with Gasteiger partial charge in [-0.25, -0.2) is 5.43 Å². The predicted molar refractivity (Wildman–Crippen MR) is 119 cm³/mol. The smallest absolute Gasteiger partial charge is 0.251 e. The lowest BCUT2D eigenvalue weighted by atomic mass is 10.2. The molecule has 0 spiro atoms. The molecule has 0 aromatic heterocycles. The predicted octanol–water partition coefficient (Wildman–Crippen LogP) is 4.11. The van der Waals surface area contributed by atoms with E-state index in [2.05, 4.69) is 34.6 Å². The molecule has 2 amide bonds. The van der Waals surface area contributed by atoms with Gasteiger partial charge < -0.3 is 10.2 Å². The zero-order valence-electron chi connectivity index (χ0n) is 16.4. The Morgan fingerprint density at radius 2 is 1.72 bits per heavy atom. The number of hydrogen-bond acceptors (Lipinski definition) is 4. The van der Waals surface area contributed by atoms with E-state index in [4.69, 9.17) is 23.2 Å². The van der Waals surface area contributed by atoms with E-state index in [9.17, 15) is 9.59 Å². The number of benzene rings is 2. The van der Waals surface area contributed by atoms with Crippen molar-refractivity contribution in [3.05, 3.63) is 63.6 Å². The summed E-state index contributed by atoms with van der Waals surface area (Å²) in [5.74, 6) is -0.622. The van der Waals surface area contributed by atoms with E-state index in [0.717, 1.165) is 24.3 Å². The molecule has 0 atom stereocenters. The number of nitrogens with one attached hydrogen (secondary N) is 2. The minimum atomic E-state index is -0.326. The number of halogens is 2. The number of rotatable bonds is 9. The van der Waals surface area contributed by atoms with E-state index in [1.807, 2.05) is 24.3 Å². The van der Waals surface area contributed by atoms with Crippen molar-refractivity contribution in [2.45, 2.75) is 20.3 Å². The van der Waals surface area contributed by atoms with Crippen molar-refractivity contribution in [2.24, 2.45) is 5.10 Å². The number of nitrogens with zero attached hydrogens (tertiary/aromatic N) is 2. The molecule has 154 valence electrons. The molecule has 0 heterocycles. The topological polar surface area (TPSA) is 73.8 Å². The molecule has 2 rings (SSSR count). The largest absolute Gasteiger partial charge is 0.372 e. The van der Waals surface area contributed by atoms with Crippen molar-refractivity contribution < 1.29 is 9.59 Å². The van der Waals surface area contributed by atoms with Crippen LogP contribution in [0, 0.1) is 0 Å². The lowest BCUT2D eigenvalue weighted by Gasteiger charge is -2.20. The van der Waals surface area contributed by atoms with Gasteiger partial charge in [0.2, 0.25) is 5.91 Å². The molecule has 6 nitrogen and oxygen atoms in total. The van der Waals surface area contributed by atoms with Gasteiger partial charge in [0.25, 0.3) is 5.91 Å². The summed E-state index contributed by atoms with van der Waals surface area (Å²) >= 11 is 11.7. The molecule has 0 aliphatic heterocycles. The highest BCUT2D eigenvalue weighted by Crippen LogP contribution is 2.22. The number of hydrogen-bond donors (Lipinski definition) is 2. The molecule has 8 heteroatoms. The third kappa shape index (κ3) is 7.07. The molecule has 2 N–H and O–H groups in total. The van der Waals surface area contributed by atoms with Crippen LogP contribution < -0.4 is 15.6 Å². The molecule has 0 fully saturated rings. The Bertz CT molecular complexity index is 865. The van der Waals surface area contributed by atoms with E-state index in [1.54, 1.807) is 18.3 Å². The lowest BCUT2D eigenvalue weighted by molar-refractivity contribution is -0.120. The van der Waals surface area contributed by atoms with E-state index < -0.39 is 0 Å². The highest BCUT2D eigenvalue weighted by Gasteiger charge is 2.08. The average Bonchev–Trinajstić information content (AvgIpc) is 2.72. The molecule has 0 radical (unpaired) electrons. The van der Waals surface area contributed by atoms with Crippen LogP contribution in [-0.4, -0.2) is 37.7 Å². The van der Waals surface area contributed by atoms with Gasteiger partial charge in [-0.3, -0.25) is 9.59 Å². The molecule has 29 heavy (non-hydrogen) atoms. The normalized spacial score (nSPS) is 10.8. The molecular weight excluding hydrogens is 411 g/mol. The number of anilines is 1. The van der Waals surface area contributed by atoms with Crippen LogP contribution in [0.2, 0.25) is 10.0 Å². The van der Waals surface area contributed by atoms with E-state index >= 15 is 0 Å². The Balaban J connectivity index is 1.75. The van der Waals surface area contributed by atoms with E-state index in [1.165, 1.54) is 6.07 Å². The van der Waals surface area contributed by atoms with Crippen molar-refractivity contribution in [1.29, 1.82) is 0 Å². The molecule has 0 bridgehead atoms. The molecular formula is C21H24Cl2N4O2. The molecule has 0 aliphatic carbocycles. The van der Waals surface area contributed by atoms with Gasteiger partial charge in [0.1, 0.15) is 0 Å².